The van der Waals surface area contributed by atoms with Gasteiger partial charge >= 0.3 is 41.6 Å². The number of nitrogens with zero attached hydrogens (tertiary/aromatic N) is 1. The van der Waals surface area contributed by atoms with Gasteiger partial charge in [0.2, 0.25) is 0 Å². The molecule has 1 aliphatic rings. The van der Waals surface area contributed by atoms with Crippen LogP contribution in [0.1, 0.15) is 43.1 Å². The zero-order valence-corrected chi connectivity index (χ0v) is 21.8. The first kappa shape index (κ1) is 27.3. The molecule has 0 saturated carbocycles. The number of ketones is 1. The van der Waals surface area contributed by atoms with E-state index in [-0.39, 0.29) is 37.4 Å². The van der Waals surface area contributed by atoms with E-state index in [4.69, 9.17) is 0 Å². The Morgan fingerprint density at radius 1 is 1.09 bits per heavy atom. The van der Waals surface area contributed by atoms with Crippen LogP contribution < -0.4 is 40.2 Å². The third-order valence-corrected chi connectivity index (χ3v) is 5.47. The first-order valence-electron chi connectivity index (χ1n) is 10.6. The van der Waals surface area contributed by atoms with Gasteiger partial charge in [-0.1, -0.05) is 54.1 Å². The number of hydrogen-bond donors (Lipinski definition) is 3. The number of nitrogens with one attached hydrogen (secondary N) is 2. The van der Waals surface area contributed by atoms with Gasteiger partial charge in [-0.2, -0.15) is 0 Å². The van der Waals surface area contributed by atoms with Crippen molar-refractivity contribution in [2.75, 3.05) is 7.05 Å². The molecule has 3 amide bonds. The molecule has 9 heteroatoms. The third-order valence-electron chi connectivity index (χ3n) is 5.47. The number of hydrogen-bond acceptors (Lipinski definition) is 4. The van der Waals surface area contributed by atoms with E-state index >= 15 is 0 Å². The third kappa shape index (κ3) is 7.03. The van der Waals surface area contributed by atoms with Crippen LogP contribution >= 0.6 is 0 Å². The second-order valence-corrected chi connectivity index (χ2v) is 8.23. The maximum Gasteiger partial charge on any atom is 1.00 e. The molecule has 0 saturated heterocycles. The average molecular weight is 474 g/mol. The van der Waals surface area contributed by atoms with E-state index in [1.54, 1.807) is 13.0 Å². The minimum Gasteiger partial charge on any atom is -1.00 e. The van der Waals surface area contributed by atoms with E-state index in [1.807, 2.05) is 49.4 Å². The molecule has 2 aromatic rings. The van der Waals surface area contributed by atoms with Crippen molar-refractivity contribution in [3.63, 3.8) is 0 Å². The predicted octanol–water partition coefficient (Wildman–Crippen LogP) is -0.169. The van der Waals surface area contributed by atoms with Crippen LogP contribution in [-0.2, 0) is 20.8 Å². The molecule has 3 rings (SSSR count). The van der Waals surface area contributed by atoms with Gasteiger partial charge in [0.15, 0.2) is 11.8 Å². The number of likely N-dealkylation sites (N-methyl/N-ethyl adjacent to an activating group) is 1. The van der Waals surface area contributed by atoms with Crippen molar-refractivity contribution >= 4 is 23.7 Å². The molecule has 34 heavy (non-hydrogen) atoms. The number of carbonyl (C=O) groups excluding carboxylic acids is 3. The summed E-state index contributed by atoms with van der Waals surface area (Å²) in [6, 6.07) is 12.5. The maximum absolute atomic E-state index is 12.6. The molecule has 0 fully saturated rings. The number of rotatable bonds is 7. The number of carbonyl (C=O) groups is 4. The fraction of sp³-hybridized carbons (Fsp3) is 0.280. The molecule has 3 N–H and O–H groups in total. The topological polar surface area (TPSA) is 116 Å². The Morgan fingerprint density at radius 3 is 2.41 bits per heavy atom. The smallest absolute Gasteiger partial charge is 1.00 e. The summed E-state index contributed by atoms with van der Waals surface area (Å²) in [5, 5.41) is 14.4. The number of urea groups is 1. The second kappa shape index (κ2) is 12.0. The zero-order chi connectivity index (χ0) is 24.1. The van der Waals surface area contributed by atoms with E-state index in [0.29, 0.717) is 17.6 Å². The molecule has 0 aliphatic carbocycles. The number of amides is 3. The van der Waals surface area contributed by atoms with Crippen molar-refractivity contribution in [2.45, 2.75) is 38.8 Å². The molecule has 0 aromatic heterocycles. The van der Waals surface area contributed by atoms with Crippen molar-refractivity contribution in [1.82, 2.24) is 15.5 Å². The minimum atomic E-state index is -1.35. The summed E-state index contributed by atoms with van der Waals surface area (Å²) in [6.45, 7) is 3.58. The molecule has 1 aliphatic heterocycles. The van der Waals surface area contributed by atoms with Gasteiger partial charge in [-0.3, -0.25) is 14.4 Å². The summed E-state index contributed by atoms with van der Waals surface area (Å²) >= 11 is 0. The Morgan fingerprint density at radius 2 is 1.76 bits per heavy atom. The van der Waals surface area contributed by atoms with Gasteiger partial charge in [0.25, 0.3) is 5.91 Å². The van der Waals surface area contributed by atoms with Crippen LogP contribution in [0.4, 0.5) is 4.79 Å². The molecule has 2 atom stereocenters. The van der Waals surface area contributed by atoms with Crippen LogP contribution in [-0.4, -0.2) is 46.8 Å². The number of carboxylic acids is 1. The monoisotopic (exact) mass is 473 g/mol. The van der Waals surface area contributed by atoms with Crippen LogP contribution in [0, 0.1) is 6.92 Å². The number of Topliss-reactive ketones (excluding diaryl/α,β-unsaturated/α-hetero) is 1. The summed E-state index contributed by atoms with van der Waals surface area (Å²) in [6.07, 6.45) is 1.71. The maximum atomic E-state index is 12.6. The Labute approximate surface area is 222 Å². The van der Waals surface area contributed by atoms with Crippen molar-refractivity contribution in [2.24, 2.45) is 0 Å². The van der Waals surface area contributed by atoms with E-state index in [2.05, 4.69) is 10.6 Å². The molecule has 1 heterocycles. The standard InChI is InChI=1S/C25H27N3O5.Na.H/c1-15-7-9-17(10-8-15)11-18-5-4-6-19(12-18)20(13-21(29)30)26-25(33)27-22-23(31)16(2)14-28(3)24(22)32;;/h4-10,12,14,20,22H,11,13H2,1-3H3,(H,29,30)(H2,26,27,33);;/q;+1;-1/t20-,22?;;/m0../s1. The Hall–Kier alpha value is -2.94. The van der Waals surface area contributed by atoms with Gasteiger partial charge < -0.3 is 22.1 Å². The molecule has 0 radical (unpaired) electrons. The molecular formula is C25H28N3NaO5. The van der Waals surface area contributed by atoms with Gasteiger partial charge in [-0.25, -0.2) is 4.79 Å². The molecule has 174 valence electrons. The van der Waals surface area contributed by atoms with E-state index in [9.17, 15) is 24.3 Å². The number of aryl methyl sites for hydroxylation is 1. The van der Waals surface area contributed by atoms with Gasteiger partial charge in [0.05, 0.1) is 12.5 Å². The van der Waals surface area contributed by atoms with Crippen LogP contribution in [0.25, 0.3) is 0 Å². The van der Waals surface area contributed by atoms with Gasteiger partial charge in [0.1, 0.15) is 0 Å². The number of benzene rings is 2. The summed E-state index contributed by atoms with van der Waals surface area (Å²) in [4.78, 5) is 50.0. The Balaban J connectivity index is 0.00000306. The number of aliphatic carboxylic acids is 1. The predicted molar refractivity (Wildman–Crippen MR) is 124 cm³/mol. The largest absolute Gasteiger partial charge is 1.00 e. The second-order valence-electron chi connectivity index (χ2n) is 8.23. The first-order valence-corrected chi connectivity index (χ1v) is 10.6. The molecule has 1 unspecified atom stereocenters. The fourth-order valence-electron chi connectivity index (χ4n) is 3.71. The Bertz CT molecular complexity index is 1120. The van der Waals surface area contributed by atoms with Crippen LogP contribution in [0.3, 0.4) is 0 Å². The normalized spacial score (nSPS) is 16.3. The van der Waals surface area contributed by atoms with E-state index < -0.39 is 35.8 Å². The summed E-state index contributed by atoms with van der Waals surface area (Å²) in [7, 11) is 1.50. The Kier molecular flexibility index (Phi) is 9.61. The SMILES string of the molecule is CC1=CN(C)C(=O)C(NC(=O)N[C@@H](CC(=O)O)c2cccc(Cc3ccc(C)cc3)c2)C1=O.[H-].[Na+]. The average Bonchev–Trinajstić information content (AvgIpc) is 2.76. The minimum absolute atomic E-state index is 0. The van der Waals surface area contributed by atoms with Crippen LogP contribution in [0.2, 0.25) is 0 Å². The molecule has 2 aromatic carbocycles. The summed E-state index contributed by atoms with van der Waals surface area (Å²) in [5.74, 6) is -2.15. The van der Waals surface area contributed by atoms with Crippen molar-refractivity contribution in [3.05, 3.63) is 82.6 Å². The van der Waals surface area contributed by atoms with Gasteiger partial charge in [-0.05, 0) is 37.0 Å². The molecule has 0 spiro atoms. The van der Waals surface area contributed by atoms with Crippen LogP contribution in [0.5, 0.6) is 0 Å². The molecule has 8 nitrogen and oxygen atoms in total. The fourth-order valence-corrected chi connectivity index (χ4v) is 3.71. The van der Waals surface area contributed by atoms with Crippen molar-refractivity contribution in [3.8, 4) is 0 Å². The van der Waals surface area contributed by atoms with Gasteiger partial charge in [0, 0.05) is 18.8 Å². The summed E-state index contributed by atoms with van der Waals surface area (Å²) < 4.78 is 0. The van der Waals surface area contributed by atoms with Crippen molar-refractivity contribution in [1.29, 1.82) is 0 Å². The molecular weight excluding hydrogens is 445 g/mol. The van der Waals surface area contributed by atoms with Crippen LogP contribution in [0.15, 0.2) is 60.3 Å². The van der Waals surface area contributed by atoms with Crippen molar-refractivity contribution < 1.29 is 55.3 Å². The first-order chi connectivity index (χ1) is 15.6. The molecule has 0 bridgehead atoms. The zero-order valence-electron chi connectivity index (χ0n) is 20.8. The summed E-state index contributed by atoms with van der Waals surface area (Å²) in [5.41, 5.74) is 4.20. The van der Waals surface area contributed by atoms with E-state index in [1.165, 1.54) is 18.1 Å². The quantitative estimate of drug-likeness (QED) is 0.382. The van der Waals surface area contributed by atoms with Gasteiger partial charge in [-0.15, -0.1) is 0 Å². The van der Waals surface area contributed by atoms with E-state index in [0.717, 1.165) is 16.7 Å². The number of carboxylic acid groups (broad SMARTS) is 1.